The molecule has 23 heavy (non-hydrogen) atoms. The smallest absolute Gasteiger partial charge is 0.416 e. The summed E-state index contributed by atoms with van der Waals surface area (Å²) in [5, 5.41) is 0. The van der Waals surface area contributed by atoms with E-state index in [4.69, 9.17) is 21.7 Å². The van der Waals surface area contributed by atoms with Crippen LogP contribution in [0.4, 0.5) is 18.9 Å². The maximum atomic E-state index is 13.0. The number of thiocarbonyl (C=S) groups is 1. The third kappa shape index (κ3) is 3.78. The second kappa shape index (κ2) is 6.79. The summed E-state index contributed by atoms with van der Waals surface area (Å²) in [6.45, 7) is 2.11. The Morgan fingerprint density at radius 1 is 1.35 bits per heavy atom. The molecule has 1 saturated heterocycles. The van der Waals surface area contributed by atoms with Crippen molar-refractivity contribution in [3.63, 3.8) is 0 Å². The van der Waals surface area contributed by atoms with Crippen LogP contribution < -0.4 is 9.64 Å². The molecule has 0 unspecified atom stereocenters. The molecular formula is C14H12F3NO3S2. The number of nitrogens with zero attached hydrogens (tertiary/aromatic N) is 1. The van der Waals surface area contributed by atoms with Crippen molar-refractivity contribution in [3.8, 4) is 5.75 Å². The van der Waals surface area contributed by atoms with E-state index in [-0.39, 0.29) is 20.7 Å². The quantitative estimate of drug-likeness (QED) is 0.460. The van der Waals surface area contributed by atoms with Crippen LogP contribution in [0.3, 0.4) is 0 Å². The zero-order chi connectivity index (χ0) is 17.2. The van der Waals surface area contributed by atoms with Gasteiger partial charge >= 0.3 is 6.18 Å². The Morgan fingerprint density at radius 3 is 2.61 bits per heavy atom. The average Bonchev–Trinajstić information content (AvgIpc) is 2.78. The fourth-order valence-corrected chi connectivity index (χ4v) is 3.05. The van der Waals surface area contributed by atoms with Gasteiger partial charge in [0.15, 0.2) is 4.32 Å². The number of methoxy groups -OCH3 is 1. The minimum atomic E-state index is -4.56. The second-order valence-electron chi connectivity index (χ2n) is 4.36. The van der Waals surface area contributed by atoms with Crippen molar-refractivity contribution in [2.45, 2.75) is 13.1 Å². The summed E-state index contributed by atoms with van der Waals surface area (Å²) in [4.78, 5) is 13.6. The number of alkyl halides is 3. The number of anilines is 1. The highest BCUT2D eigenvalue weighted by Crippen LogP contribution is 2.39. The van der Waals surface area contributed by atoms with Gasteiger partial charge in [-0.2, -0.15) is 13.2 Å². The Hall–Kier alpha value is -1.74. The van der Waals surface area contributed by atoms with Gasteiger partial charge in [-0.05, 0) is 19.1 Å². The Bertz CT molecular complexity index is 674. The number of thioether (sulfide) groups is 1. The van der Waals surface area contributed by atoms with Crippen molar-refractivity contribution in [2.24, 2.45) is 0 Å². The van der Waals surface area contributed by atoms with Gasteiger partial charge in [0, 0.05) is 6.07 Å². The molecule has 2 rings (SSSR count). The van der Waals surface area contributed by atoms with Crippen LogP contribution in [0.1, 0.15) is 12.5 Å². The van der Waals surface area contributed by atoms with Gasteiger partial charge in [0.05, 0.1) is 25.0 Å². The van der Waals surface area contributed by atoms with E-state index in [1.54, 1.807) is 6.92 Å². The molecule has 1 amide bonds. The van der Waals surface area contributed by atoms with Gasteiger partial charge in [0.1, 0.15) is 16.9 Å². The van der Waals surface area contributed by atoms with Crippen LogP contribution in [0, 0.1) is 0 Å². The molecule has 1 fully saturated rings. The first-order valence-electron chi connectivity index (χ1n) is 6.42. The number of hydrogen-bond acceptors (Lipinski definition) is 5. The summed E-state index contributed by atoms with van der Waals surface area (Å²) in [6.07, 6.45) is -3.31. The van der Waals surface area contributed by atoms with Crippen LogP contribution in [-0.4, -0.2) is 23.9 Å². The molecule has 4 nitrogen and oxygen atoms in total. The first kappa shape index (κ1) is 17.6. The van der Waals surface area contributed by atoms with Gasteiger partial charge in [-0.15, -0.1) is 0 Å². The van der Waals surface area contributed by atoms with Crippen molar-refractivity contribution in [2.75, 3.05) is 18.6 Å². The van der Waals surface area contributed by atoms with Gasteiger partial charge in [-0.25, -0.2) is 0 Å². The summed E-state index contributed by atoms with van der Waals surface area (Å²) in [5.41, 5.74) is -0.922. The standard InChI is InChI=1S/C14H12F3NO3S2/c1-3-21-7-11-12(19)18(13(22)23-11)9-4-8(14(15,16)17)5-10(6-9)20-2/h4-7H,3H2,1-2H3/b11-7+. The SMILES string of the molecule is CCO/C=C1/SC(=S)N(c2cc(OC)cc(C(F)(F)F)c2)C1=O. The Kier molecular flexibility index (Phi) is 5.20. The third-order valence-corrected chi connectivity index (χ3v) is 4.14. The largest absolute Gasteiger partial charge is 0.500 e. The van der Waals surface area contributed by atoms with Crippen molar-refractivity contribution in [3.05, 3.63) is 34.9 Å². The number of amides is 1. The average molecular weight is 363 g/mol. The molecule has 0 aromatic heterocycles. The zero-order valence-electron chi connectivity index (χ0n) is 12.1. The maximum absolute atomic E-state index is 13.0. The summed E-state index contributed by atoms with van der Waals surface area (Å²) in [5.74, 6) is -0.549. The first-order valence-corrected chi connectivity index (χ1v) is 7.64. The van der Waals surface area contributed by atoms with Crippen molar-refractivity contribution in [1.82, 2.24) is 0 Å². The normalized spacial score (nSPS) is 17.1. The molecule has 0 aliphatic carbocycles. The number of carbonyl (C=O) groups excluding carboxylic acids is 1. The van der Waals surface area contributed by atoms with Crippen LogP contribution in [0.15, 0.2) is 29.4 Å². The van der Waals surface area contributed by atoms with Crippen molar-refractivity contribution in [1.29, 1.82) is 0 Å². The fraction of sp³-hybridized carbons (Fsp3) is 0.286. The van der Waals surface area contributed by atoms with Crippen LogP contribution in [0.2, 0.25) is 0 Å². The lowest BCUT2D eigenvalue weighted by Gasteiger charge is -2.18. The molecule has 1 aliphatic heterocycles. The minimum absolute atomic E-state index is 0.000858. The Labute approximate surface area is 140 Å². The molecule has 124 valence electrons. The second-order valence-corrected chi connectivity index (χ2v) is 6.04. The predicted molar refractivity (Wildman–Crippen MR) is 85.4 cm³/mol. The lowest BCUT2D eigenvalue weighted by Crippen LogP contribution is -2.28. The lowest BCUT2D eigenvalue weighted by atomic mass is 10.1. The molecule has 1 aromatic rings. The van der Waals surface area contributed by atoms with E-state index in [1.807, 2.05) is 0 Å². The van der Waals surface area contributed by atoms with Crippen LogP contribution >= 0.6 is 24.0 Å². The molecule has 0 spiro atoms. The van der Waals surface area contributed by atoms with E-state index in [9.17, 15) is 18.0 Å². The zero-order valence-corrected chi connectivity index (χ0v) is 13.8. The Balaban J connectivity index is 2.45. The van der Waals surface area contributed by atoms with Crippen molar-refractivity contribution < 1.29 is 27.4 Å². The highest BCUT2D eigenvalue weighted by molar-refractivity contribution is 8.27. The predicted octanol–water partition coefficient (Wildman–Crippen LogP) is 3.96. The third-order valence-electron chi connectivity index (χ3n) is 2.86. The van der Waals surface area contributed by atoms with Crippen LogP contribution in [0.5, 0.6) is 5.75 Å². The topological polar surface area (TPSA) is 38.8 Å². The van der Waals surface area contributed by atoms with Crippen LogP contribution in [0.25, 0.3) is 0 Å². The van der Waals surface area contributed by atoms with E-state index in [0.29, 0.717) is 6.61 Å². The van der Waals surface area contributed by atoms with E-state index in [2.05, 4.69) is 0 Å². The van der Waals surface area contributed by atoms with Gasteiger partial charge in [-0.1, -0.05) is 24.0 Å². The Morgan fingerprint density at radius 2 is 2.04 bits per heavy atom. The highest BCUT2D eigenvalue weighted by atomic mass is 32.2. The number of ether oxygens (including phenoxy) is 2. The molecule has 0 atom stereocenters. The van der Waals surface area contributed by atoms with E-state index in [0.717, 1.165) is 28.8 Å². The summed E-state index contributed by atoms with van der Waals surface area (Å²) < 4.78 is 49.0. The molecule has 0 radical (unpaired) electrons. The number of carbonyl (C=O) groups is 1. The van der Waals surface area contributed by atoms with Gasteiger partial charge < -0.3 is 9.47 Å². The summed E-state index contributed by atoms with van der Waals surface area (Å²) in [7, 11) is 1.25. The fourth-order valence-electron chi connectivity index (χ4n) is 1.83. The molecule has 1 heterocycles. The van der Waals surface area contributed by atoms with E-state index in [1.165, 1.54) is 19.4 Å². The lowest BCUT2D eigenvalue weighted by molar-refractivity contribution is -0.137. The van der Waals surface area contributed by atoms with Gasteiger partial charge in [-0.3, -0.25) is 9.69 Å². The van der Waals surface area contributed by atoms with E-state index >= 15 is 0 Å². The number of halogens is 3. The van der Waals surface area contributed by atoms with Crippen molar-refractivity contribution >= 4 is 39.9 Å². The number of benzene rings is 1. The number of hydrogen-bond donors (Lipinski definition) is 0. The molecule has 1 aromatic carbocycles. The molecule has 1 aliphatic rings. The van der Waals surface area contributed by atoms with Crippen LogP contribution in [-0.2, 0) is 15.7 Å². The maximum Gasteiger partial charge on any atom is 0.416 e. The summed E-state index contributed by atoms with van der Waals surface area (Å²) >= 11 is 6.06. The van der Waals surface area contributed by atoms with Gasteiger partial charge in [0.2, 0.25) is 0 Å². The molecule has 0 N–H and O–H groups in total. The molecule has 0 bridgehead atoms. The monoisotopic (exact) mass is 363 g/mol. The van der Waals surface area contributed by atoms with E-state index < -0.39 is 17.6 Å². The first-order chi connectivity index (χ1) is 10.8. The number of rotatable bonds is 4. The molecule has 9 heteroatoms. The molecule has 0 saturated carbocycles. The molecular weight excluding hydrogens is 351 g/mol. The minimum Gasteiger partial charge on any atom is -0.500 e. The summed E-state index contributed by atoms with van der Waals surface area (Å²) in [6, 6.07) is 3.04. The highest BCUT2D eigenvalue weighted by Gasteiger charge is 2.37. The van der Waals surface area contributed by atoms with Gasteiger partial charge in [0.25, 0.3) is 5.91 Å².